The topological polar surface area (TPSA) is 36.8 Å². The van der Waals surface area contributed by atoms with Crippen molar-refractivity contribution in [1.29, 1.82) is 0 Å². The molecule has 0 saturated heterocycles. The second kappa shape index (κ2) is 8.62. The van der Waals surface area contributed by atoms with Gasteiger partial charge in [-0.25, -0.2) is 9.98 Å². The molecule has 5 heteroatoms. The molecule has 8 rings (SSSR count). The lowest BCUT2D eigenvalue weighted by Crippen LogP contribution is -2.33. The van der Waals surface area contributed by atoms with Gasteiger partial charge >= 0.3 is 0 Å². The summed E-state index contributed by atoms with van der Waals surface area (Å²) in [5.41, 5.74) is 3.24. The van der Waals surface area contributed by atoms with Crippen LogP contribution in [0.1, 0.15) is 22.9 Å². The molecule has 5 aromatic carbocycles. The number of nitrogens with zero attached hydrogens (tertiary/aromatic N) is 2. The molecule has 1 aliphatic heterocycles. The van der Waals surface area contributed by atoms with Crippen LogP contribution in [-0.4, -0.2) is 11.7 Å². The Morgan fingerprint density at radius 2 is 1.32 bits per heavy atom. The molecule has 0 fully saturated rings. The number of rotatable bonds is 3. The first-order chi connectivity index (χ1) is 18.8. The molecule has 3 nitrogen and oxygen atoms in total. The van der Waals surface area contributed by atoms with Crippen LogP contribution in [0, 0.1) is 0 Å². The van der Waals surface area contributed by atoms with Crippen molar-refractivity contribution in [1.82, 2.24) is 5.32 Å². The molecule has 2 aromatic heterocycles. The van der Waals surface area contributed by atoms with E-state index in [2.05, 4.69) is 96.3 Å². The van der Waals surface area contributed by atoms with E-state index in [0.717, 1.165) is 28.4 Å². The number of aliphatic imine (C=N–C) groups is 2. The van der Waals surface area contributed by atoms with Crippen molar-refractivity contribution >= 4 is 74.7 Å². The minimum atomic E-state index is -0.210. The van der Waals surface area contributed by atoms with Gasteiger partial charge in [0.25, 0.3) is 0 Å². The van der Waals surface area contributed by atoms with Gasteiger partial charge in [-0.1, -0.05) is 97.1 Å². The molecule has 0 aliphatic carbocycles. The van der Waals surface area contributed by atoms with Crippen LogP contribution < -0.4 is 5.32 Å². The van der Waals surface area contributed by atoms with Gasteiger partial charge in [-0.3, -0.25) is 0 Å². The Morgan fingerprint density at radius 1 is 0.579 bits per heavy atom. The highest BCUT2D eigenvalue weighted by Gasteiger charge is 2.23. The van der Waals surface area contributed by atoms with Crippen molar-refractivity contribution in [2.24, 2.45) is 9.98 Å². The zero-order chi connectivity index (χ0) is 25.1. The Balaban J connectivity index is 1.37. The minimum absolute atomic E-state index is 0.210. The second-order valence-corrected chi connectivity index (χ2v) is 11.5. The van der Waals surface area contributed by atoms with Gasteiger partial charge in [-0.05, 0) is 23.8 Å². The number of hydrogen-bond acceptors (Lipinski definition) is 5. The summed E-state index contributed by atoms with van der Waals surface area (Å²) in [6.45, 7) is 0. The van der Waals surface area contributed by atoms with Gasteiger partial charge in [0.15, 0.2) is 5.84 Å². The maximum atomic E-state index is 5.14. The van der Waals surface area contributed by atoms with Gasteiger partial charge in [0, 0.05) is 51.5 Å². The number of amidine groups is 2. The second-order valence-electron chi connectivity index (χ2n) is 9.43. The molecule has 1 N–H and O–H groups in total. The van der Waals surface area contributed by atoms with Gasteiger partial charge < -0.3 is 5.32 Å². The molecule has 0 spiro atoms. The zero-order valence-corrected chi connectivity index (χ0v) is 21.9. The summed E-state index contributed by atoms with van der Waals surface area (Å²) in [7, 11) is 0. The summed E-state index contributed by atoms with van der Waals surface area (Å²) in [5, 5.41) is 8.84. The van der Waals surface area contributed by atoms with Gasteiger partial charge in [-0.15, -0.1) is 22.7 Å². The third-order valence-electron chi connectivity index (χ3n) is 7.15. The summed E-state index contributed by atoms with van der Waals surface area (Å²) >= 11 is 3.72. The maximum absolute atomic E-state index is 5.14. The van der Waals surface area contributed by atoms with Crippen molar-refractivity contribution in [2.45, 2.75) is 6.17 Å². The molecule has 0 radical (unpaired) electrons. The van der Waals surface area contributed by atoms with E-state index >= 15 is 0 Å². The number of benzene rings is 5. The molecule has 38 heavy (non-hydrogen) atoms. The molecule has 180 valence electrons. The Hall–Kier alpha value is -4.32. The predicted molar refractivity (Wildman–Crippen MR) is 164 cm³/mol. The van der Waals surface area contributed by atoms with Gasteiger partial charge in [0.1, 0.15) is 12.0 Å². The quantitative estimate of drug-likeness (QED) is 0.247. The minimum Gasteiger partial charge on any atom is -0.344 e. The fourth-order valence-electron chi connectivity index (χ4n) is 5.36. The molecule has 1 aliphatic rings. The number of fused-ring (bicyclic) bond motifs is 7. The molecule has 1 unspecified atom stereocenters. The number of hydrogen-bond donors (Lipinski definition) is 1. The molecule has 0 saturated carbocycles. The summed E-state index contributed by atoms with van der Waals surface area (Å²) in [6.07, 6.45) is -0.210. The van der Waals surface area contributed by atoms with Crippen molar-refractivity contribution < 1.29 is 0 Å². The molecule has 0 bridgehead atoms. The van der Waals surface area contributed by atoms with Crippen LogP contribution in [0.5, 0.6) is 0 Å². The standard InChI is InChI=1S/C33H21N3S2/c1-3-10-20(11-4-1)31-34-32(21-12-5-2-6-13-21)36-33(35-31)25-16-9-15-24-28-27(38-29(24)25)19-18-23-22-14-7-8-17-26(22)37-30(23)28/h1-19,31H,(H,34,35,36). The molecule has 0 amide bonds. The monoisotopic (exact) mass is 523 g/mol. The number of nitrogens with one attached hydrogen (secondary N) is 1. The van der Waals surface area contributed by atoms with E-state index < -0.39 is 0 Å². The molecule has 1 atom stereocenters. The van der Waals surface area contributed by atoms with Crippen molar-refractivity contribution in [3.8, 4) is 0 Å². The fourth-order valence-corrected chi connectivity index (χ4v) is 7.91. The van der Waals surface area contributed by atoms with E-state index in [1.54, 1.807) is 0 Å². The van der Waals surface area contributed by atoms with Gasteiger partial charge in [-0.2, -0.15) is 0 Å². The van der Waals surface area contributed by atoms with E-state index in [0.29, 0.717) is 0 Å². The lowest BCUT2D eigenvalue weighted by Gasteiger charge is -2.23. The van der Waals surface area contributed by atoms with Crippen LogP contribution in [0.15, 0.2) is 125 Å². The zero-order valence-electron chi connectivity index (χ0n) is 20.3. The fraction of sp³-hybridized carbons (Fsp3) is 0.0303. The lowest BCUT2D eigenvalue weighted by atomic mass is 10.1. The SMILES string of the molecule is c1ccc(C2=NC(c3cccc4c3sc3ccc5c6ccccc6sc5c34)=NC(c3ccccc3)N2)cc1. The average molecular weight is 524 g/mol. The molecule has 7 aromatic rings. The average Bonchev–Trinajstić information content (AvgIpc) is 3.56. The maximum Gasteiger partial charge on any atom is 0.160 e. The highest BCUT2D eigenvalue weighted by atomic mass is 32.1. The highest BCUT2D eigenvalue weighted by Crippen LogP contribution is 2.45. The third kappa shape index (κ3) is 3.40. The van der Waals surface area contributed by atoms with E-state index in [4.69, 9.17) is 9.98 Å². The van der Waals surface area contributed by atoms with E-state index in [-0.39, 0.29) is 6.17 Å². The van der Waals surface area contributed by atoms with Crippen LogP contribution in [0.4, 0.5) is 0 Å². The van der Waals surface area contributed by atoms with Crippen LogP contribution >= 0.6 is 22.7 Å². The normalized spacial score (nSPS) is 15.6. The largest absolute Gasteiger partial charge is 0.344 e. The summed E-state index contributed by atoms with van der Waals surface area (Å²) in [6, 6.07) is 40.5. The van der Waals surface area contributed by atoms with Gasteiger partial charge in [0.2, 0.25) is 0 Å². The van der Waals surface area contributed by atoms with Gasteiger partial charge in [0.05, 0.1) is 0 Å². The lowest BCUT2D eigenvalue weighted by molar-refractivity contribution is 0.674. The number of thiophene rings is 2. The Labute approximate surface area is 227 Å². The summed E-state index contributed by atoms with van der Waals surface area (Å²) in [4.78, 5) is 10.2. The van der Waals surface area contributed by atoms with Crippen molar-refractivity contribution in [2.75, 3.05) is 0 Å². The van der Waals surface area contributed by atoms with Crippen LogP contribution in [0.2, 0.25) is 0 Å². The van der Waals surface area contributed by atoms with Crippen molar-refractivity contribution in [3.05, 3.63) is 132 Å². The van der Waals surface area contributed by atoms with Crippen molar-refractivity contribution in [3.63, 3.8) is 0 Å². The highest BCUT2D eigenvalue weighted by molar-refractivity contribution is 7.30. The van der Waals surface area contributed by atoms with Crippen LogP contribution in [0.25, 0.3) is 40.3 Å². The summed E-state index contributed by atoms with van der Waals surface area (Å²) < 4.78 is 5.22. The van der Waals surface area contributed by atoms with Crippen LogP contribution in [0.3, 0.4) is 0 Å². The third-order valence-corrected chi connectivity index (χ3v) is 9.56. The van der Waals surface area contributed by atoms with Crippen LogP contribution in [-0.2, 0) is 0 Å². The van der Waals surface area contributed by atoms with E-state index in [9.17, 15) is 0 Å². The Bertz CT molecular complexity index is 2050. The smallest absolute Gasteiger partial charge is 0.160 e. The molecular formula is C33H21N3S2. The Morgan fingerprint density at radius 3 is 2.18 bits per heavy atom. The first-order valence-electron chi connectivity index (χ1n) is 12.6. The Kier molecular flexibility index (Phi) is 4.93. The summed E-state index contributed by atoms with van der Waals surface area (Å²) in [5.74, 6) is 1.61. The molecule has 3 heterocycles. The first-order valence-corrected chi connectivity index (χ1v) is 14.3. The first kappa shape index (κ1) is 21.7. The van der Waals surface area contributed by atoms with E-state index in [1.807, 2.05) is 46.9 Å². The predicted octanol–water partition coefficient (Wildman–Crippen LogP) is 8.92. The molecular weight excluding hydrogens is 503 g/mol. The van der Waals surface area contributed by atoms with E-state index in [1.165, 1.54) is 40.3 Å².